The molecule has 12 heteroatoms. The summed E-state index contributed by atoms with van der Waals surface area (Å²) in [5, 5.41) is 6.41. The molecule has 3 heterocycles. The number of aromatic nitrogens is 1. The van der Waals surface area contributed by atoms with E-state index < -0.39 is 11.7 Å². The van der Waals surface area contributed by atoms with Gasteiger partial charge in [0.25, 0.3) is 6.01 Å². The topological polar surface area (TPSA) is 117 Å². The molecule has 2 fully saturated rings. The third kappa shape index (κ3) is 6.48. The second-order valence-corrected chi connectivity index (χ2v) is 12.9. The number of nitrogens with zero attached hydrogens (tertiary/aromatic N) is 3. The van der Waals surface area contributed by atoms with Crippen molar-refractivity contribution in [1.29, 1.82) is 0 Å². The van der Waals surface area contributed by atoms with E-state index >= 15 is 0 Å². The van der Waals surface area contributed by atoms with Gasteiger partial charge >= 0.3 is 5.63 Å². The van der Waals surface area contributed by atoms with E-state index in [9.17, 15) is 14.4 Å². The number of likely N-dealkylation sites (N-methyl/N-ethyl adjacent to an activating group) is 1. The fourth-order valence-electron chi connectivity index (χ4n) is 5.64. The molecule has 0 spiro atoms. The Hall–Kier alpha value is -2.46. The maximum atomic E-state index is 13.6. The summed E-state index contributed by atoms with van der Waals surface area (Å²) in [6.07, 6.45) is 4.10. The maximum absolute atomic E-state index is 13.6. The van der Waals surface area contributed by atoms with Crippen molar-refractivity contribution in [2.75, 3.05) is 44.4 Å². The van der Waals surface area contributed by atoms with Crippen LogP contribution in [0.4, 0.5) is 11.7 Å². The van der Waals surface area contributed by atoms with Gasteiger partial charge in [0.2, 0.25) is 11.8 Å². The number of hydrogen-bond donors (Lipinski definition) is 2. The van der Waals surface area contributed by atoms with Crippen LogP contribution >= 0.6 is 45.2 Å². The second-order valence-electron chi connectivity index (χ2n) is 10.6. The van der Waals surface area contributed by atoms with Gasteiger partial charge in [-0.1, -0.05) is 0 Å². The van der Waals surface area contributed by atoms with Crippen molar-refractivity contribution < 1.29 is 18.7 Å². The molecule has 0 saturated carbocycles. The van der Waals surface area contributed by atoms with Crippen molar-refractivity contribution in [3.05, 3.63) is 53.0 Å². The number of likely N-dealkylation sites (tertiary alicyclic amines) is 2. The lowest BCUT2D eigenvalue weighted by Gasteiger charge is -2.24. The van der Waals surface area contributed by atoms with E-state index in [1.807, 2.05) is 29.0 Å². The number of anilines is 2. The Balaban J connectivity index is 1.42. The highest BCUT2D eigenvalue weighted by molar-refractivity contribution is 14.1. The van der Waals surface area contributed by atoms with Gasteiger partial charge in [0.05, 0.1) is 31.2 Å². The molecule has 2 amide bonds. The molecule has 3 aromatic rings. The fourth-order valence-corrected chi connectivity index (χ4v) is 7.98. The Morgan fingerprint density at radius 3 is 2.49 bits per heavy atom. The van der Waals surface area contributed by atoms with E-state index in [2.05, 4.69) is 60.8 Å². The molecule has 0 radical (unpaired) electrons. The van der Waals surface area contributed by atoms with E-state index in [0.717, 1.165) is 50.7 Å². The quantitative estimate of drug-likeness (QED) is 0.324. The van der Waals surface area contributed by atoms with Crippen molar-refractivity contribution in [3.63, 3.8) is 0 Å². The van der Waals surface area contributed by atoms with Gasteiger partial charge in [-0.3, -0.25) is 14.5 Å². The van der Waals surface area contributed by atoms with Gasteiger partial charge in [0.15, 0.2) is 0 Å². The minimum atomic E-state index is -0.677. The molecule has 0 bridgehead atoms. The van der Waals surface area contributed by atoms with Crippen LogP contribution in [0.1, 0.15) is 36.8 Å². The second kappa shape index (κ2) is 12.8. The first-order valence-electron chi connectivity index (χ1n) is 13.7. The zero-order valence-corrected chi connectivity index (χ0v) is 27.6. The predicted octanol–water partition coefficient (Wildman–Crippen LogP) is 4.39. The average molecular weight is 785 g/mol. The number of methoxy groups -OCH3 is 1. The first-order chi connectivity index (χ1) is 19.7. The largest absolute Gasteiger partial charge is 0.495 e. The molecule has 2 aromatic carbocycles. The summed E-state index contributed by atoms with van der Waals surface area (Å²) < 4.78 is 13.0. The number of carbonyl (C=O) groups is 2. The standard InChI is InChI=1S/C29H33I2N5O5/c1-16-20(32-26(37)23-7-6-10-35(23)2)8-9-21-24(16)28(39)41-29(33-21)34-22(27(38)36-11-4-5-12-36)15-17-13-18(30)25(40-3)19(31)14-17/h8-9,13-14,22-23H,4-7,10-12,15H2,1-3H3,(H,32,37)(H,33,34)/t22-,23-/m0/s1. The fraction of sp³-hybridized carbons (Fsp3) is 0.448. The molecule has 218 valence electrons. The molecule has 1 aromatic heterocycles. The summed E-state index contributed by atoms with van der Waals surface area (Å²) >= 11 is 4.46. The number of carbonyl (C=O) groups excluding carboxylic acids is 2. The summed E-state index contributed by atoms with van der Waals surface area (Å²) in [5.41, 5.74) is 1.96. The van der Waals surface area contributed by atoms with Crippen LogP contribution in [0.25, 0.3) is 10.9 Å². The van der Waals surface area contributed by atoms with E-state index in [-0.39, 0.29) is 23.9 Å². The van der Waals surface area contributed by atoms with Crippen LogP contribution in [0.5, 0.6) is 5.75 Å². The van der Waals surface area contributed by atoms with Crippen LogP contribution in [-0.4, -0.2) is 72.5 Å². The Morgan fingerprint density at radius 2 is 1.85 bits per heavy atom. The SMILES string of the molecule is COc1c(I)cc(C[C@H](Nc2nc3ccc(NC(=O)[C@@H]4CCCN4C)c(C)c3c(=O)o2)C(=O)N2CCCC2)cc1I. The van der Waals surface area contributed by atoms with Crippen LogP contribution in [0.2, 0.25) is 0 Å². The number of benzene rings is 2. The lowest BCUT2D eigenvalue weighted by Crippen LogP contribution is -2.43. The van der Waals surface area contributed by atoms with Gasteiger partial charge in [-0.05, 0) is 127 Å². The summed E-state index contributed by atoms with van der Waals surface area (Å²) in [4.78, 5) is 48.1. The molecule has 41 heavy (non-hydrogen) atoms. The molecule has 5 rings (SSSR count). The lowest BCUT2D eigenvalue weighted by atomic mass is 10.0. The lowest BCUT2D eigenvalue weighted by molar-refractivity contribution is -0.131. The first-order valence-corrected chi connectivity index (χ1v) is 15.8. The van der Waals surface area contributed by atoms with Crippen molar-refractivity contribution in [2.24, 2.45) is 0 Å². The van der Waals surface area contributed by atoms with E-state index in [1.165, 1.54) is 0 Å². The molecule has 0 aliphatic carbocycles. The van der Waals surface area contributed by atoms with Crippen LogP contribution in [0.15, 0.2) is 33.5 Å². The molecule has 2 atom stereocenters. The monoisotopic (exact) mass is 785 g/mol. The molecule has 2 saturated heterocycles. The first kappa shape index (κ1) is 30.0. The van der Waals surface area contributed by atoms with Gasteiger partial charge in [-0.15, -0.1) is 0 Å². The third-order valence-corrected chi connectivity index (χ3v) is 9.46. The Kier molecular flexibility index (Phi) is 9.38. The van der Waals surface area contributed by atoms with E-state index in [1.54, 1.807) is 26.2 Å². The number of fused-ring (bicyclic) bond motifs is 1. The highest BCUT2D eigenvalue weighted by Gasteiger charge is 2.30. The number of aryl methyl sites for hydroxylation is 1. The number of rotatable bonds is 8. The smallest absolute Gasteiger partial charge is 0.348 e. The molecule has 10 nitrogen and oxygen atoms in total. The van der Waals surface area contributed by atoms with Crippen LogP contribution in [0.3, 0.4) is 0 Å². The molecule has 2 aliphatic heterocycles. The molecule has 0 unspecified atom stereocenters. The van der Waals surface area contributed by atoms with Gasteiger partial charge in [-0.2, -0.15) is 4.98 Å². The summed E-state index contributed by atoms with van der Waals surface area (Å²) in [5.74, 6) is 0.655. The van der Waals surface area contributed by atoms with Crippen molar-refractivity contribution in [1.82, 2.24) is 14.8 Å². The van der Waals surface area contributed by atoms with Gasteiger partial charge < -0.3 is 24.7 Å². The third-order valence-electron chi connectivity index (χ3n) is 7.86. The molecular weight excluding hydrogens is 752 g/mol. The minimum Gasteiger partial charge on any atom is -0.495 e. The van der Waals surface area contributed by atoms with Crippen molar-refractivity contribution >= 4 is 79.6 Å². The molecule has 2 N–H and O–H groups in total. The maximum Gasteiger partial charge on any atom is 0.348 e. The van der Waals surface area contributed by atoms with Crippen LogP contribution in [0, 0.1) is 14.1 Å². The summed E-state index contributed by atoms with van der Waals surface area (Å²) in [7, 11) is 3.58. The number of nitrogens with one attached hydrogen (secondary N) is 2. The van der Waals surface area contributed by atoms with E-state index in [0.29, 0.717) is 41.7 Å². The number of halogens is 2. The zero-order chi connectivity index (χ0) is 29.3. The number of ether oxygens (including phenoxy) is 1. The Labute approximate surface area is 265 Å². The number of amides is 2. The zero-order valence-electron chi connectivity index (χ0n) is 23.3. The van der Waals surface area contributed by atoms with Crippen molar-refractivity contribution in [2.45, 2.75) is 51.1 Å². The minimum absolute atomic E-state index is 0.0123. The van der Waals surface area contributed by atoms with Crippen molar-refractivity contribution in [3.8, 4) is 5.75 Å². The van der Waals surface area contributed by atoms with Gasteiger partial charge in [0, 0.05) is 25.2 Å². The van der Waals surface area contributed by atoms with Crippen LogP contribution in [-0.2, 0) is 16.0 Å². The number of hydrogen-bond acceptors (Lipinski definition) is 8. The highest BCUT2D eigenvalue weighted by Crippen LogP contribution is 2.30. The summed E-state index contributed by atoms with van der Waals surface area (Å²) in [6.45, 7) is 4.06. The summed E-state index contributed by atoms with van der Waals surface area (Å²) in [6, 6.07) is 6.58. The van der Waals surface area contributed by atoms with Crippen LogP contribution < -0.4 is 21.0 Å². The van der Waals surface area contributed by atoms with E-state index in [4.69, 9.17) is 9.15 Å². The predicted molar refractivity (Wildman–Crippen MR) is 175 cm³/mol. The highest BCUT2D eigenvalue weighted by atomic mass is 127. The van der Waals surface area contributed by atoms with Gasteiger partial charge in [0.1, 0.15) is 11.8 Å². The normalized spacial score (nSPS) is 18.1. The Morgan fingerprint density at radius 1 is 1.15 bits per heavy atom. The van der Waals surface area contributed by atoms with Gasteiger partial charge in [-0.25, -0.2) is 4.79 Å². The average Bonchev–Trinajstić information content (AvgIpc) is 3.61. The molecular formula is C29H33I2N5O5. The Bertz CT molecular complexity index is 1510. The molecule has 2 aliphatic rings.